The Morgan fingerprint density at radius 2 is 2.12 bits per heavy atom. The van der Waals surface area contributed by atoms with E-state index in [0.717, 1.165) is 28.7 Å². The maximum absolute atomic E-state index is 10.0. The van der Waals surface area contributed by atoms with Gasteiger partial charge in [0, 0.05) is 0 Å². The van der Waals surface area contributed by atoms with Crippen LogP contribution in [0.3, 0.4) is 0 Å². The Bertz CT molecular complexity index is 317. The summed E-state index contributed by atoms with van der Waals surface area (Å²) >= 11 is 7.57. The molecule has 2 rings (SSSR count). The second kappa shape index (κ2) is 6.04. The SMILES string of the molecule is OC(CCC1CCCCC1)c1sccc1Cl. The molecule has 0 bridgehead atoms. The third-order valence-corrected chi connectivity index (χ3v) is 4.98. The fraction of sp³-hybridized carbons (Fsp3) is 0.692. The fourth-order valence-electron chi connectivity index (χ4n) is 2.54. The lowest BCUT2D eigenvalue weighted by atomic mass is 9.85. The largest absolute Gasteiger partial charge is 0.388 e. The molecule has 0 aromatic carbocycles. The first-order chi connectivity index (χ1) is 7.77. The predicted octanol–water partition coefficient (Wildman–Crippen LogP) is 4.80. The molecule has 0 aliphatic heterocycles. The van der Waals surface area contributed by atoms with Gasteiger partial charge in [0.2, 0.25) is 0 Å². The van der Waals surface area contributed by atoms with Gasteiger partial charge in [-0.3, -0.25) is 0 Å². The molecule has 0 amide bonds. The molecule has 1 heterocycles. The minimum Gasteiger partial charge on any atom is -0.388 e. The van der Waals surface area contributed by atoms with Crippen molar-refractivity contribution in [2.24, 2.45) is 5.92 Å². The van der Waals surface area contributed by atoms with Crippen LogP contribution in [0.2, 0.25) is 5.02 Å². The van der Waals surface area contributed by atoms with E-state index in [0.29, 0.717) is 0 Å². The third-order valence-electron chi connectivity index (χ3n) is 3.52. The standard InChI is InChI=1S/C13H19ClOS/c14-11-8-9-16-13(11)12(15)7-6-10-4-2-1-3-5-10/h8-10,12,15H,1-7H2. The van der Waals surface area contributed by atoms with Crippen molar-refractivity contribution in [1.29, 1.82) is 0 Å². The molecule has 0 spiro atoms. The van der Waals surface area contributed by atoms with Crippen molar-refractivity contribution in [2.75, 3.05) is 0 Å². The predicted molar refractivity (Wildman–Crippen MR) is 70.1 cm³/mol. The van der Waals surface area contributed by atoms with E-state index in [1.165, 1.54) is 32.1 Å². The van der Waals surface area contributed by atoms with Crippen LogP contribution in [0, 0.1) is 5.92 Å². The molecular formula is C13H19ClOS. The van der Waals surface area contributed by atoms with Crippen LogP contribution in [-0.2, 0) is 0 Å². The number of aliphatic hydroxyl groups excluding tert-OH is 1. The molecule has 1 fully saturated rings. The van der Waals surface area contributed by atoms with Gasteiger partial charge in [0.15, 0.2) is 0 Å². The van der Waals surface area contributed by atoms with Crippen molar-refractivity contribution in [2.45, 2.75) is 51.0 Å². The maximum Gasteiger partial charge on any atom is 0.0897 e. The van der Waals surface area contributed by atoms with Gasteiger partial charge in [-0.05, 0) is 30.2 Å². The van der Waals surface area contributed by atoms with Gasteiger partial charge in [-0.2, -0.15) is 0 Å². The topological polar surface area (TPSA) is 20.2 Å². The number of aliphatic hydroxyl groups is 1. The molecule has 1 aromatic rings. The van der Waals surface area contributed by atoms with Gasteiger partial charge in [0.05, 0.1) is 16.0 Å². The molecule has 1 N–H and O–H groups in total. The minimum atomic E-state index is -0.352. The number of hydrogen-bond donors (Lipinski definition) is 1. The van der Waals surface area contributed by atoms with E-state index in [2.05, 4.69) is 0 Å². The zero-order valence-corrected chi connectivity index (χ0v) is 11.1. The molecule has 1 saturated carbocycles. The summed E-state index contributed by atoms with van der Waals surface area (Å²) in [4.78, 5) is 0.942. The molecular weight excluding hydrogens is 240 g/mol. The van der Waals surface area contributed by atoms with Crippen LogP contribution in [0.4, 0.5) is 0 Å². The minimum absolute atomic E-state index is 0.352. The first-order valence-electron chi connectivity index (χ1n) is 6.18. The van der Waals surface area contributed by atoms with Crippen LogP contribution in [0.1, 0.15) is 55.9 Å². The van der Waals surface area contributed by atoms with Gasteiger partial charge in [0.1, 0.15) is 0 Å². The van der Waals surface area contributed by atoms with Gasteiger partial charge in [0.25, 0.3) is 0 Å². The van der Waals surface area contributed by atoms with Crippen molar-refractivity contribution < 1.29 is 5.11 Å². The van der Waals surface area contributed by atoms with Crippen LogP contribution >= 0.6 is 22.9 Å². The highest BCUT2D eigenvalue weighted by atomic mass is 35.5. The zero-order chi connectivity index (χ0) is 11.4. The quantitative estimate of drug-likeness (QED) is 0.823. The maximum atomic E-state index is 10.0. The monoisotopic (exact) mass is 258 g/mol. The highest BCUT2D eigenvalue weighted by molar-refractivity contribution is 7.10. The second-order valence-electron chi connectivity index (χ2n) is 4.73. The summed E-state index contributed by atoms with van der Waals surface area (Å²) in [6, 6.07) is 1.87. The molecule has 3 heteroatoms. The Kier molecular flexibility index (Phi) is 4.68. The normalized spacial score (nSPS) is 19.9. The van der Waals surface area contributed by atoms with Crippen molar-refractivity contribution in [3.8, 4) is 0 Å². The van der Waals surface area contributed by atoms with E-state index in [1.54, 1.807) is 11.3 Å². The smallest absolute Gasteiger partial charge is 0.0897 e. The zero-order valence-electron chi connectivity index (χ0n) is 9.49. The van der Waals surface area contributed by atoms with E-state index in [1.807, 2.05) is 11.4 Å². The summed E-state index contributed by atoms with van der Waals surface area (Å²) in [5, 5.41) is 12.7. The average Bonchev–Trinajstić information content (AvgIpc) is 2.74. The Balaban J connectivity index is 1.79. The summed E-state index contributed by atoms with van der Waals surface area (Å²) in [5.74, 6) is 0.835. The summed E-state index contributed by atoms with van der Waals surface area (Å²) in [5.41, 5.74) is 0. The number of rotatable bonds is 4. The molecule has 1 aromatic heterocycles. The second-order valence-corrected chi connectivity index (χ2v) is 6.08. The van der Waals surface area contributed by atoms with Crippen LogP contribution in [0.15, 0.2) is 11.4 Å². The van der Waals surface area contributed by atoms with Crippen molar-refractivity contribution in [3.63, 3.8) is 0 Å². The first kappa shape index (κ1) is 12.4. The van der Waals surface area contributed by atoms with E-state index >= 15 is 0 Å². The lowest BCUT2D eigenvalue weighted by molar-refractivity contribution is 0.155. The van der Waals surface area contributed by atoms with Gasteiger partial charge >= 0.3 is 0 Å². The van der Waals surface area contributed by atoms with E-state index in [4.69, 9.17) is 11.6 Å². The Morgan fingerprint density at radius 1 is 1.38 bits per heavy atom. The Labute approximate surface area is 106 Å². The number of thiophene rings is 1. The molecule has 1 unspecified atom stereocenters. The summed E-state index contributed by atoms with van der Waals surface area (Å²) in [6.45, 7) is 0. The number of hydrogen-bond acceptors (Lipinski definition) is 2. The van der Waals surface area contributed by atoms with Gasteiger partial charge in [-0.25, -0.2) is 0 Å². The van der Waals surface area contributed by atoms with Gasteiger partial charge in [-0.1, -0.05) is 43.7 Å². The van der Waals surface area contributed by atoms with Crippen molar-refractivity contribution in [3.05, 3.63) is 21.3 Å². The van der Waals surface area contributed by atoms with Gasteiger partial charge in [-0.15, -0.1) is 11.3 Å². The lowest BCUT2D eigenvalue weighted by Crippen LogP contribution is -2.08. The average molecular weight is 259 g/mol. The molecule has 0 saturated heterocycles. The Morgan fingerprint density at radius 3 is 2.75 bits per heavy atom. The molecule has 16 heavy (non-hydrogen) atoms. The van der Waals surface area contributed by atoms with Gasteiger partial charge < -0.3 is 5.11 Å². The first-order valence-corrected chi connectivity index (χ1v) is 7.44. The Hall–Kier alpha value is -0.0500. The van der Waals surface area contributed by atoms with Crippen LogP contribution < -0.4 is 0 Å². The molecule has 1 aliphatic rings. The highest BCUT2D eigenvalue weighted by Gasteiger charge is 2.17. The van der Waals surface area contributed by atoms with Crippen LogP contribution in [0.5, 0.6) is 0 Å². The molecule has 1 atom stereocenters. The molecule has 90 valence electrons. The number of halogens is 1. The summed E-state index contributed by atoms with van der Waals surface area (Å²) in [6.07, 6.45) is 8.52. The van der Waals surface area contributed by atoms with Crippen LogP contribution in [-0.4, -0.2) is 5.11 Å². The van der Waals surface area contributed by atoms with E-state index < -0.39 is 0 Å². The highest BCUT2D eigenvalue weighted by Crippen LogP contribution is 2.34. The summed E-state index contributed by atoms with van der Waals surface area (Å²) < 4.78 is 0. The fourth-order valence-corrected chi connectivity index (χ4v) is 3.75. The van der Waals surface area contributed by atoms with Crippen molar-refractivity contribution >= 4 is 22.9 Å². The molecule has 1 aliphatic carbocycles. The van der Waals surface area contributed by atoms with Crippen molar-refractivity contribution in [1.82, 2.24) is 0 Å². The lowest BCUT2D eigenvalue weighted by Gasteiger charge is -2.22. The summed E-state index contributed by atoms with van der Waals surface area (Å²) in [7, 11) is 0. The van der Waals surface area contributed by atoms with E-state index in [-0.39, 0.29) is 6.10 Å². The molecule has 0 radical (unpaired) electrons. The van der Waals surface area contributed by atoms with Crippen LogP contribution in [0.25, 0.3) is 0 Å². The van der Waals surface area contributed by atoms with E-state index in [9.17, 15) is 5.11 Å². The third kappa shape index (κ3) is 3.22. The molecule has 1 nitrogen and oxygen atoms in total.